The van der Waals surface area contributed by atoms with E-state index < -0.39 is 0 Å². The van der Waals surface area contributed by atoms with E-state index in [0.29, 0.717) is 0 Å². The van der Waals surface area contributed by atoms with E-state index in [-0.39, 0.29) is 0 Å². The second-order valence-electron chi connectivity index (χ2n) is 4.80. The van der Waals surface area contributed by atoms with Gasteiger partial charge in [0.15, 0.2) is 0 Å². The standard InChI is InChI=1S/C12H24N2O2/c1-11(2)5-9-16-10-8-14-6-3-12(13-15)4-7-14/h11,15H,3-10H2,1-2H3. The minimum Gasteiger partial charge on any atom is -0.411 e. The van der Waals surface area contributed by atoms with Gasteiger partial charge in [0.25, 0.3) is 0 Å². The summed E-state index contributed by atoms with van der Waals surface area (Å²) in [6.07, 6.45) is 2.92. The Labute approximate surface area is 98.3 Å². The lowest BCUT2D eigenvalue weighted by Crippen LogP contribution is -2.36. The summed E-state index contributed by atoms with van der Waals surface area (Å²) in [6, 6.07) is 0. The van der Waals surface area contributed by atoms with Crippen molar-refractivity contribution in [3.63, 3.8) is 0 Å². The largest absolute Gasteiger partial charge is 0.411 e. The van der Waals surface area contributed by atoms with Crippen LogP contribution in [0.15, 0.2) is 5.16 Å². The second-order valence-corrected chi connectivity index (χ2v) is 4.80. The lowest BCUT2D eigenvalue weighted by Gasteiger charge is -2.26. The van der Waals surface area contributed by atoms with Gasteiger partial charge >= 0.3 is 0 Å². The molecule has 4 nitrogen and oxygen atoms in total. The van der Waals surface area contributed by atoms with Gasteiger partial charge in [-0.25, -0.2) is 0 Å². The van der Waals surface area contributed by atoms with Gasteiger partial charge in [0.1, 0.15) is 0 Å². The minimum absolute atomic E-state index is 0.721. The highest BCUT2D eigenvalue weighted by atomic mass is 16.5. The monoisotopic (exact) mass is 228 g/mol. The van der Waals surface area contributed by atoms with Crippen LogP contribution in [0.3, 0.4) is 0 Å². The molecular weight excluding hydrogens is 204 g/mol. The number of hydrogen-bond donors (Lipinski definition) is 1. The third-order valence-corrected chi connectivity index (χ3v) is 2.97. The van der Waals surface area contributed by atoms with Gasteiger partial charge in [-0.2, -0.15) is 0 Å². The van der Waals surface area contributed by atoms with Gasteiger partial charge in [0.05, 0.1) is 12.3 Å². The molecule has 0 aliphatic carbocycles. The first kappa shape index (κ1) is 13.5. The average Bonchev–Trinajstić information content (AvgIpc) is 2.29. The summed E-state index contributed by atoms with van der Waals surface area (Å²) in [5.74, 6) is 0.721. The van der Waals surface area contributed by atoms with Gasteiger partial charge in [-0.1, -0.05) is 19.0 Å². The highest BCUT2D eigenvalue weighted by Gasteiger charge is 2.14. The van der Waals surface area contributed by atoms with Crippen LogP contribution in [0.5, 0.6) is 0 Å². The van der Waals surface area contributed by atoms with Crippen molar-refractivity contribution in [1.29, 1.82) is 0 Å². The Bertz CT molecular complexity index is 207. The van der Waals surface area contributed by atoms with Crippen LogP contribution in [0, 0.1) is 5.92 Å². The highest BCUT2D eigenvalue weighted by molar-refractivity contribution is 5.84. The highest BCUT2D eigenvalue weighted by Crippen LogP contribution is 2.06. The van der Waals surface area contributed by atoms with Crippen molar-refractivity contribution in [2.45, 2.75) is 33.1 Å². The zero-order chi connectivity index (χ0) is 11.8. The number of rotatable bonds is 6. The summed E-state index contributed by atoms with van der Waals surface area (Å²) in [6.45, 7) is 9.09. The van der Waals surface area contributed by atoms with Crippen LogP contribution < -0.4 is 0 Å². The Kier molecular flexibility index (Phi) is 6.42. The van der Waals surface area contributed by atoms with Crippen molar-refractivity contribution < 1.29 is 9.94 Å². The van der Waals surface area contributed by atoms with Crippen LogP contribution in [0.1, 0.15) is 33.1 Å². The molecule has 1 rings (SSSR count). The van der Waals surface area contributed by atoms with Gasteiger partial charge in [0, 0.05) is 39.1 Å². The van der Waals surface area contributed by atoms with E-state index in [2.05, 4.69) is 23.9 Å². The van der Waals surface area contributed by atoms with Crippen LogP contribution >= 0.6 is 0 Å². The van der Waals surface area contributed by atoms with Crippen molar-refractivity contribution in [2.24, 2.45) is 11.1 Å². The Balaban J connectivity index is 1.98. The molecule has 1 heterocycles. The molecule has 0 saturated carbocycles. The number of ether oxygens (including phenoxy) is 1. The number of likely N-dealkylation sites (tertiary alicyclic amines) is 1. The Hall–Kier alpha value is -0.610. The fraction of sp³-hybridized carbons (Fsp3) is 0.917. The van der Waals surface area contributed by atoms with Crippen molar-refractivity contribution >= 4 is 5.71 Å². The topological polar surface area (TPSA) is 45.1 Å². The zero-order valence-corrected chi connectivity index (χ0v) is 10.5. The molecule has 1 saturated heterocycles. The van der Waals surface area contributed by atoms with Crippen molar-refractivity contribution in [2.75, 3.05) is 32.8 Å². The zero-order valence-electron chi connectivity index (χ0n) is 10.5. The molecule has 0 amide bonds. The van der Waals surface area contributed by atoms with Gasteiger partial charge in [-0.3, -0.25) is 0 Å². The Morgan fingerprint density at radius 2 is 2.00 bits per heavy atom. The fourth-order valence-corrected chi connectivity index (χ4v) is 1.75. The average molecular weight is 228 g/mol. The maximum Gasteiger partial charge on any atom is 0.0596 e. The van der Waals surface area contributed by atoms with Crippen LogP contribution in [-0.2, 0) is 4.74 Å². The maximum absolute atomic E-state index is 8.62. The Morgan fingerprint density at radius 1 is 1.31 bits per heavy atom. The minimum atomic E-state index is 0.721. The van der Waals surface area contributed by atoms with E-state index in [4.69, 9.17) is 9.94 Å². The van der Waals surface area contributed by atoms with Crippen LogP contribution in [0.4, 0.5) is 0 Å². The van der Waals surface area contributed by atoms with E-state index >= 15 is 0 Å². The predicted molar refractivity (Wildman–Crippen MR) is 65.2 cm³/mol. The van der Waals surface area contributed by atoms with Crippen molar-refractivity contribution in [1.82, 2.24) is 4.90 Å². The van der Waals surface area contributed by atoms with E-state index in [1.807, 2.05) is 0 Å². The molecule has 0 unspecified atom stereocenters. The third kappa shape index (κ3) is 5.47. The molecule has 0 atom stereocenters. The first-order valence-corrected chi connectivity index (χ1v) is 6.22. The quantitative estimate of drug-likeness (QED) is 0.429. The fourth-order valence-electron chi connectivity index (χ4n) is 1.75. The maximum atomic E-state index is 8.62. The molecule has 0 bridgehead atoms. The number of oxime groups is 1. The molecule has 1 aliphatic heterocycles. The van der Waals surface area contributed by atoms with Gasteiger partial charge in [0.2, 0.25) is 0 Å². The lowest BCUT2D eigenvalue weighted by molar-refractivity contribution is 0.0955. The van der Waals surface area contributed by atoms with E-state index in [1.165, 1.54) is 0 Å². The summed E-state index contributed by atoms with van der Waals surface area (Å²) >= 11 is 0. The summed E-state index contributed by atoms with van der Waals surface area (Å²) in [7, 11) is 0. The molecule has 1 fully saturated rings. The summed E-state index contributed by atoms with van der Waals surface area (Å²) in [4.78, 5) is 2.37. The van der Waals surface area contributed by atoms with Crippen LogP contribution in [0.2, 0.25) is 0 Å². The molecule has 0 aromatic carbocycles. The predicted octanol–water partition coefficient (Wildman–Crippen LogP) is 1.98. The van der Waals surface area contributed by atoms with Crippen molar-refractivity contribution in [3.05, 3.63) is 0 Å². The summed E-state index contributed by atoms with van der Waals surface area (Å²) in [5.41, 5.74) is 0.928. The number of piperidine rings is 1. The molecule has 16 heavy (non-hydrogen) atoms. The number of hydrogen-bond acceptors (Lipinski definition) is 4. The van der Waals surface area contributed by atoms with Gasteiger partial charge in [-0.05, 0) is 12.3 Å². The molecule has 0 spiro atoms. The molecule has 0 radical (unpaired) electrons. The van der Waals surface area contributed by atoms with Crippen LogP contribution in [0.25, 0.3) is 0 Å². The Morgan fingerprint density at radius 3 is 2.56 bits per heavy atom. The van der Waals surface area contributed by atoms with E-state index in [0.717, 1.165) is 63.7 Å². The first-order chi connectivity index (χ1) is 7.72. The molecule has 0 aromatic heterocycles. The molecule has 1 aliphatic rings. The number of nitrogens with zero attached hydrogens (tertiary/aromatic N) is 2. The van der Waals surface area contributed by atoms with E-state index in [9.17, 15) is 0 Å². The van der Waals surface area contributed by atoms with Crippen LogP contribution in [-0.4, -0.2) is 48.7 Å². The van der Waals surface area contributed by atoms with Gasteiger partial charge < -0.3 is 14.8 Å². The summed E-state index contributed by atoms with van der Waals surface area (Å²) < 4.78 is 5.58. The SMILES string of the molecule is CC(C)CCOCCN1CCC(=NO)CC1. The summed E-state index contributed by atoms with van der Waals surface area (Å²) in [5, 5.41) is 11.9. The van der Waals surface area contributed by atoms with Gasteiger partial charge in [-0.15, -0.1) is 0 Å². The second kappa shape index (κ2) is 7.63. The smallest absolute Gasteiger partial charge is 0.0596 e. The molecule has 1 N–H and O–H groups in total. The molecule has 4 heteroatoms. The first-order valence-electron chi connectivity index (χ1n) is 6.22. The van der Waals surface area contributed by atoms with Crippen molar-refractivity contribution in [3.8, 4) is 0 Å². The lowest BCUT2D eigenvalue weighted by atomic mass is 10.1. The molecule has 94 valence electrons. The third-order valence-electron chi connectivity index (χ3n) is 2.97. The molecule has 0 aromatic rings. The van der Waals surface area contributed by atoms with E-state index in [1.54, 1.807) is 0 Å². The molecular formula is C12H24N2O2. The normalized spacial score (nSPS) is 18.1.